The number of nitrogens with zero attached hydrogens (tertiary/aromatic N) is 2. The van der Waals surface area contributed by atoms with Crippen LogP contribution in [0.4, 0.5) is 20.3 Å². The van der Waals surface area contributed by atoms with Gasteiger partial charge in [0.25, 0.3) is 0 Å². The van der Waals surface area contributed by atoms with E-state index in [9.17, 15) is 8.78 Å². The van der Waals surface area contributed by atoms with E-state index in [2.05, 4.69) is 40.9 Å². The molecule has 0 fully saturated rings. The lowest BCUT2D eigenvalue weighted by Crippen LogP contribution is -2.11. The number of benzene rings is 1. The number of nitrogens with one attached hydrogen (secondary N) is 2. The van der Waals surface area contributed by atoms with Gasteiger partial charge in [0.2, 0.25) is 0 Å². The zero-order chi connectivity index (χ0) is 21.7. The first-order valence-electron chi connectivity index (χ1n) is 9.05. The number of rotatable bonds is 8. The lowest BCUT2D eigenvalue weighted by molar-refractivity contribution is 0.589. The van der Waals surface area contributed by atoms with Crippen molar-refractivity contribution in [2.24, 2.45) is 0 Å². The minimum atomic E-state index is -0.846. The molecule has 2 aromatic carbocycles. The first-order chi connectivity index (χ1) is 14.5. The molecule has 152 valence electrons. The molecule has 0 spiro atoms. The Balaban J connectivity index is 2.17. The summed E-state index contributed by atoms with van der Waals surface area (Å²) in [5, 5.41) is 6.38. The normalized spacial score (nSPS) is 10.3. The summed E-state index contributed by atoms with van der Waals surface area (Å²) in [6.45, 7) is 9.58. The van der Waals surface area contributed by atoms with Crippen LogP contribution >= 0.6 is 11.8 Å². The average molecular weight is 423 g/mol. The molecule has 0 bridgehead atoms. The lowest BCUT2D eigenvalue weighted by atomic mass is 9.98. The number of hydrogen-bond acceptors (Lipinski definition) is 5. The highest BCUT2D eigenvalue weighted by atomic mass is 32.2. The molecule has 0 aliphatic heterocycles. The lowest BCUT2D eigenvalue weighted by Gasteiger charge is -2.18. The zero-order valence-electron chi connectivity index (χ0n) is 16.6. The third-order valence-electron chi connectivity index (χ3n) is 4.44. The van der Waals surface area contributed by atoms with E-state index >= 15 is 0 Å². The molecule has 4 nitrogen and oxygen atoms in total. The minimum Gasteiger partial charge on any atom is -0.375 e. The number of thioether (sulfide) groups is 1. The van der Waals surface area contributed by atoms with Crippen LogP contribution in [0.1, 0.15) is 16.7 Å². The molecular formula is C23H20F2N4S. The summed E-state index contributed by atoms with van der Waals surface area (Å²) in [6.07, 6.45) is 5.13. The smallest absolute Gasteiger partial charge is 0.199 e. The van der Waals surface area contributed by atoms with Crippen molar-refractivity contribution < 1.29 is 8.78 Å². The Bertz CT molecular complexity index is 1080. The molecule has 30 heavy (non-hydrogen) atoms. The summed E-state index contributed by atoms with van der Waals surface area (Å²) in [5.74, 6) is -1.10. The second-order valence-corrected chi connectivity index (χ2v) is 7.09. The molecule has 2 N–H and O–H groups in total. The third-order valence-corrected chi connectivity index (χ3v) is 4.99. The maximum atomic E-state index is 14.1. The maximum Gasteiger partial charge on any atom is 0.199 e. The van der Waals surface area contributed by atoms with Crippen molar-refractivity contribution in [2.75, 3.05) is 16.9 Å². The van der Waals surface area contributed by atoms with E-state index in [-0.39, 0.29) is 12.2 Å². The first-order valence-corrected chi connectivity index (χ1v) is 10.3. The van der Waals surface area contributed by atoms with Crippen molar-refractivity contribution in [3.05, 3.63) is 84.1 Å². The summed E-state index contributed by atoms with van der Waals surface area (Å²) in [4.78, 5) is 9.20. The van der Waals surface area contributed by atoms with Crippen LogP contribution in [-0.2, 0) is 6.54 Å². The summed E-state index contributed by atoms with van der Waals surface area (Å²) >= 11 is 1.40. The van der Waals surface area contributed by atoms with E-state index in [1.807, 2.05) is 31.4 Å². The second-order valence-electron chi connectivity index (χ2n) is 6.32. The van der Waals surface area contributed by atoms with E-state index in [0.717, 1.165) is 22.8 Å². The molecule has 0 aliphatic rings. The SMILES string of the molecule is C=CNc1nc(SC)nc(-c2cc(C=C)ccc2C)c1CNc1c(F)c#ccc1F. The molecule has 0 aliphatic carbocycles. The molecule has 0 saturated heterocycles. The highest BCUT2D eigenvalue weighted by Crippen LogP contribution is 2.33. The van der Waals surface area contributed by atoms with Crippen LogP contribution in [0.2, 0.25) is 0 Å². The maximum absolute atomic E-state index is 14.1. The number of anilines is 2. The van der Waals surface area contributed by atoms with Gasteiger partial charge in [0.05, 0.1) is 5.69 Å². The van der Waals surface area contributed by atoms with Gasteiger partial charge >= 0.3 is 0 Å². The Kier molecular flexibility index (Phi) is 6.70. The molecule has 0 saturated carbocycles. The number of halogens is 2. The molecule has 3 rings (SSSR count). The summed E-state index contributed by atoms with van der Waals surface area (Å²) < 4.78 is 28.1. The van der Waals surface area contributed by atoms with Gasteiger partial charge in [0, 0.05) is 23.7 Å². The fourth-order valence-electron chi connectivity index (χ4n) is 2.92. The number of aromatic nitrogens is 2. The molecule has 0 unspecified atom stereocenters. The van der Waals surface area contributed by atoms with E-state index in [0.29, 0.717) is 22.2 Å². The van der Waals surface area contributed by atoms with E-state index in [1.54, 1.807) is 6.08 Å². The van der Waals surface area contributed by atoms with Gasteiger partial charge in [-0.3, -0.25) is 0 Å². The van der Waals surface area contributed by atoms with Gasteiger partial charge in [-0.05, 0) is 42.6 Å². The Morgan fingerprint density at radius 3 is 2.70 bits per heavy atom. The first kappa shape index (κ1) is 21.3. The molecule has 3 aromatic rings. The van der Waals surface area contributed by atoms with Crippen LogP contribution in [0.25, 0.3) is 17.3 Å². The number of aryl methyl sites for hydroxylation is 1. The van der Waals surface area contributed by atoms with Crippen LogP contribution in [0.5, 0.6) is 0 Å². The molecule has 7 heteroatoms. The predicted octanol–water partition coefficient (Wildman–Crippen LogP) is 5.86. The largest absolute Gasteiger partial charge is 0.375 e. The van der Waals surface area contributed by atoms with Crippen molar-refractivity contribution in [3.63, 3.8) is 0 Å². The summed E-state index contributed by atoms with van der Waals surface area (Å²) in [5.41, 5.74) is 3.82. The van der Waals surface area contributed by atoms with E-state index in [1.165, 1.54) is 18.0 Å². The standard InChI is InChI=1S/C23H20F2N4S/c1-5-15-11-10-14(3)16(12-15)20-17(22(26-6-2)29-23(28-20)30-4)13-27-21-18(24)8-7-9-19(21)25/h5-6,8,10-12,27H,1-2,13H2,3-4H3,(H,26,28,29). The summed E-state index contributed by atoms with van der Waals surface area (Å²) in [7, 11) is 0. The predicted molar refractivity (Wildman–Crippen MR) is 119 cm³/mol. The second kappa shape index (κ2) is 9.42. The fourth-order valence-corrected chi connectivity index (χ4v) is 3.29. The highest BCUT2D eigenvalue weighted by Gasteiger charge is 2.18. The number of hydrogen-bond donors (Lipinski definition) is 2. The van der Waals surface area contributed by atoms with Gasteiger partial charge in [-0.2, -0.15) is 4.39 Å². The van der Waals surface area contributed by atoms with E-state index < -0.39 is 11.6 Å². The van der Waals surface area contributed by atoms with Crippen LogP contribution < -0.4 is 10.6 Å². The van der Waals surface area contributed by atoms with Gasteiger partial charge in [0.15, 0.2) is 16.8 Å². The van der Waals surface area contributed by atoms with Crippen molar-refractivity contribution in [3.8, 4) is 11.3 Å². The van der Waals surface area contributed by atoms with Gasteiger partial charge < -0.3 is 10.6 Å². The molecule has 0 atom stereocenters. The average Bonchev–Trinajstić information content (AvgIpc) is 2.74. The fraction of sp³-hybridized carbons (Fsp3) is 0.130. The van der Waals surface area contributed by atoms with Gasteiger partial charge in [-0.25, -0.2) is 14.4 Å². The highest BCUT2D eigenvalue weighted by molar-refractivity contribution is 7.98. The Morgan fingerprint density at radius 2 is 2.03 bits per heavy atom. The third kappa shape index (κ3) is 4.44. The van der Waals surface area contributed by atoms with E-state index in [4.69, 9.17) is 4.98 Å². The van der Waals surface area contributed by atoms with Gasteiger partial charge in [-0.1, -0.05) is 49.2 Å². The Hall–Kier alpha value is -3.37. The van der Waals surface area contributed by atoms with Gasteiger partial charge in [0.1, 0.15) is 11.5 Å². The monoisotopic (exact) mass is 422 g/mol. The van der Waals surface area contributed by atoms with Crippen molar-refractivity contribution in [1.29, 1.82) is 0 Å². The molecular weight excluding hydrogens is 402 g/mol. The zero-order valence-corrected chi connectivity index (χ0v) is 17.5. The topological polar surface area (TPSA) is 49.8 Å². The van der Waals surface area contributed by atoms with Crippen molar-refractivity contribution in [2.45, 2.75) is 18.6 Å². The Labute approximate surface area is 179 Å². The van der Waals surface area contributed by atoms with Crippen LogP contribution in [0, 0.1) is 30.7 Å². The Morgan fingerprint density at radius 1 is 1.23 bits per heavy atom. The molecule has 1 aromatic heterocycles. The molecule has 0 radical (unpaired) electrons. The minimum absolute atomic E-state index is 0.0730. The van der Waals surface area contributed by atoms with Crippen LogP contribution in [0.15, 0.2) is 48.8 Å². The van der Waals surface area contributed by atoms with Gasteiger partial charge in [-0.15, -0.1) is 0 Å². The molecule has 1 heterocycles. The quantitative estimate of drug-likeness (QED) is 0.352. The molecule has 0 amide bonds. The van der Waals surface area contributed by atoms with Crippen LogP contribution in [0.3, 0.4) is 0 Å². The van der Waals surface area contributed by atoms with Crippen molar-refractivity contribution in [1.82, 2.24) is 9.97 Å². The van der Waals surface area contributed by atoms with Crippen molar-refractivity contribution >= 4 is 29.3 Å². The summed E-state index contributed by atoms with van der Waals surface area (Å²) in [6, 6.07) is 11.5. The van der Waals surface area contributed by atoms with Crippen LogP contribution in [-0.4, -0.2) is 16.2 Å².